The number of amides is 3. The molecule has 2 fully saturated rings. The summed E-state index contributed by atoms with van der Waals surface area (Å²) in [5.41, 5.74) is 0. The molecule has 0 unspecified atom stereocenters. The van der Waals surface area contributed by atoms with Crippen molar-refractivity contribution in [2.45, 2.75) is 100 Å². The standard InChI is InChI=1S/C37H67N3O21/c1-24(37(50)51)39-36(49)25(40-31(46)23-57-13-11-53-7-9-55-15-17-59-33-19-27(44)35(48)29(21-42)61-33)4-2-3-5-38-30(45)22-56-12-10-52-6-8-54-14-16-58-32-18-26(43)34(47)28(20-41)60-32/h24-29,32-35,41-44,47-48H,2-23H2,1H3,(H,38,45)(H,39,49)(H,40,46)(H,50,51)/t24-,25-,26+,27+,28+,29+,32+,33+,34+,35+/m0/s1. The second kappa shape index (κ2) is 32.8. The fourth-order valence-corrected chi connectivity index (χ4v) is 5.67. The quantitative estimate of drug-likeness (QED) is 0.0267. The molecular weight excluding hydrogens is 822 g/mol. The Morgan fingerprint density at radius 3 is 1.48 bits per heavy atom. The summed E-state index contributed by atoms with van der Waals surface area (Å²) in [6.45, 7) is 2.46. The minimum atomic E-state index is -1.24. The number of hydrogen-bond donors (Lipinski definition) is 10. The van der Waals surface area contributed by atoms with Crippen LogP contribution in [0.25, 0.3) is 0 Å². The van der Waals surface area contributed by atoms with Crippen molar-refractivity contribution in [2.75, 3.05) is 112 Å². The molecule has 10 N–H and O–H groups in total. The van der Waals surface area contributed by atoms with E-state index in [-0.39, 0.29) is 124 Å². The molecule has 0 radical (unpaired) electrons. The molecule has 0 aliphatic carbocycles. The summed E-state index contributed by atoms with van der Waals surface area (Å²) in [4.78, 5) is 48.7. The summed E-state index contributed by atoms with van der Waals surface area (Å²) < 4.78 is 53.9. The summed E-state index contributed by atoms with van der Waals surface area (Å²) >= 11 is 0. The van der Waals surface area contributed by atoms with Crippen LogP contribution in [-0.4, -0.2) is 233 Å². The molecule has 0 aromatic rings. The molecule has 24 heteroatoms. The number of nitrogens with one attached hydrogen (secondary N) is 3. The zero-order valence-corrected chi connectivity index (χ0v) is 34.7. The number of hydrogen-bond acceptors (Lipinski definition) is 20. The molecule has 2 aliphatic heterocycles. The number of unbranched alkanes of at least 4 members (excludes halogenated alkanes) is 1. The molecule has 0 bridgehead atoms. The van der Waals surface area contributed by atoms with E-state index >= 15 is 0 Å². The van der Waals surface area contributed by atoms with Crippen LogP contribution >= 0.6 is 0 Å². The number of aliphatic carboxylic acids is 1. The number of ether oxygens (including phenoxy) is 10. The summed E-state index contributed by atoms with van der Waals surface area (Å²) in [5, 5.41) is 74.3. The van der Waals surface area contributed by atoms with E-state index in [2.05, 4.69) is 16.0 Å². The van der Waals surface area contributed by atoms with Crippen LogP contribution in [0.5, 0.6) is 0 Å². The lowest BCUT2D eigenvalue weighted by Crippen LogP contribution is -2.51. The van der Waals surface area contributed by atoms with Crippen LogP contribution in [0.1, 0.15) is 39.0 Å². The molecule has 61 heavy (non-hydrogen) atoms. The number of carbonyl (C=O) groups is 4. The highest BCUT2D eigenvalue weighted by Crippen LogP contribution is 2.22. The fraction of sp³-hybridized carbons (Fsp3) is 0.892. The molecule has 2 rings (SSSR count). The fourth-order valence-electron chi connectivity index (χ4n) is 5.67. The van der Waals surface area contributed by atoms with Gasteiger partial charge in [-0.3, -0.25) is 19.2 Å². The van der Waals surface area contributed by atoms with E-state index in [9.17, 15) is 54.9 Å². The molecule has 0 aromatic carbocycles. The second-order valence-electron chi connectivity index (χ2n) is 14.0. The predicted octanol–water partition coefficient (Wildman–Crippen LogP) is -4.86. The Bertz CT molecular complexity index is 1210. The maximum absolute atomic E-state index is 12.8. The first-order chi connectivity index (χ1) is 29.4. The van der Waals surface area contributed by atoms with E-state index in [4.69, 9.17) is 47.4 Å². The van der Waals surface area contributed by atoms with Crippen LogP contribution < -0.4 is 16.0 Å². The third-order valence-corrected chi connectivity index (χ3v) is 9.07. The molecule has 10 atom stereocenters. The molecule has 0 aromatic heterocycles. The van der Waals surface area contributed by atoms with Crippen molar-refractivity contribution in [3.8, 4) is 0 Å². The Morgan fingerprint density at radius 2 is 1.03 bits per heavy atom. The van der Waals surface area contributed by atoms with Crippen molar-refractivity contribution in [1.29, 1.82) is 0 Å². The van der Waals surface area contributed by atoms with Gasteiger partial charge in [0.2, 0.25) is 17.7 Å². The number of aliphatic hydroxyl groups excluding tert-OH is 6. The van der Waals surface area contributed by atoms with E-state index in [0.29, 0.717) is 12.8 Å². The summed E-state index contributed by atoms with van der Waals surface area (Å²) in [6, 6.07) is -2.23. The lowest BCUT2D eigenvalue weighted by Gasteiger charge is -2.35. The molecule has 24 nitrogen and oxygen atoms in total. The Kier molecular flexibility index (Phi) is 29.3. The Morgan fingerprint density at radius 1 is 0.607 bits per heavy atom. The Balaban J connectivity index is 1.48. The average molecular weight is 890 g/mol. The highest BCUT2D eigenvalue weighted by Gasteiger charge is 2.37. The molecule has 0 spiro atoms. The second-order valence-corrected chi connectivity index (χ2v) is 14.0. The van der Waals surface area contributed by atoms with Crippen molar-refractivity contribution < 1.29 is 102 Å². The topological polar surface area (TPSA) is 338 Å². The predicted molar refractivity (Wildman–Crippen MR) is 206 cm³/mol. The molecule has 356 valence electrons. The zero-order chi connectivity index (χ0) is 44.8. The first-order valence-corrected chi connectivity index (χ1v) is 20.4. The van der Waals surface area contributed by atoms with Gasteiger partial charge in [0.05, 0.1) is 105 Å². The minimum Gasteiger partial charge on any atom is -0.480 e. The van der Waals surface area contributed by atoms with E-state index in [1.54, 1.807) is 0 Å². The van der Waals surface area contributed by atoms with Crippen LogP contribution in [-0.2, 0) is 66.5 Å². The third-order valence-electron chi connectivity index (χ3n) is 9.07. The SMILES string of the molecule is C[C@H](NC(=O)[C@H](CCCCNC(=O)COCCOCCOCCO[C@H]1C[C@@H](O)[C@@H](O)[C@@H](CO)O1)NC(=O)COCCOCCOCCO[C@H]1C[C@@H](O)[C@@H](O)[C@@H](CO)O1)C(=O)O. The van der Waals surface area contributed by atoms with Crippen LogP contribution in [0.4, 0.5) is 0 Å². The number of rotatable bonds is 35. The lowest BCUT2D eigenvalue weighted by molar-refractivity contribution is -0.259. The van der Waals surface area contributed by atoms with Gasteiger partial charge in [-0.05, 0) is 26.2 Å². The van der Waals surface area contributed by atoms with Crippen LogP contribution in [0.15, 0.2) is 0 Å². The maximum Gasteiger partial charge on any atom is 0.325 e. The zero-order valence-electron chi connectivity index (χ0n) is 34.7. The molecule has 2 heterocycles. The number of carboxylic acid groups (broad SMARTS) is 1. The van der Waals surface area contributed by atoms with Crippen molar-refractivity contribution in [3.05, 3.63) is 0 Å². The molecule has 2 saturated heterocycles. The van der Waals surface area contributed by atoms with Gasteiger partial charge in [-0.15, -0.1) is 0 Å². The first kappa shape index (κ1) is 54.4. The van der Waals surface area contributed by atoms with Gasteiger partial charge in [0.15, 0.2) is 12.6 Å². The van der Waals surface area contributed by atoms with Crippen molar-refractivity contribution in [2.24, 2.45) is 0 Å². The number of aliphatic hydroxyl groups is 6. The van der Waals surface area contributed by atoms with E-state index in [1.807, 2.05) is 0 Å². The molecule has 3 amide bonds. The summed E-state index contributed by atoms with van der Waals surface area (Å²) in [6.07, 6.45) is -6.73. The van der Waals surface area contributed by atoms with Gasteiger partial charge in [0.25, 0.3) is 0 Å². The highest BCUT2D eigenvalue weighted by atomic mass is 16.7. The van der Waals surface area contributed by atoms with Crippen molar-refractivity contribution >= 4 is 23.7 Å². The maximum atomic E-state index is 12.8. The third kappa shape index (κ3) is 24.0. The first-order valence-electron chi connectivity index (χ1n) is 20.4. The number of carboxylic acids is 1. The average Bonchev–Trinajstić information content (AvgIpc) is 3.23. The normalized spacial score (nSPS) is 25.1. The number of carbonyl (C=O) groups excluding carboxylic acids is 3. The smallest absolute Gasteiger partial charge is 0.325 e. The van der Waals surface area contributed by atoms with Gasteiger partial charge in [-0.2, -0.15) is 0 Å². The largest absolute Gasteiger partial charge is 0.480 e. The van der Waals surface area contributed by atoms with Crippen molar-refractivity contribution in [3.63, 3.8) is 0 Å². The van der Waals surface area contributed by atoms with Gasteiger partial charge in [0, 0.05) is 19.4 Å². The molecule has 2 aliphatic rings. The van der Waals surface area contributed by atoms with Gasteiger partial charge in [0.1, 0.15) is 49.7 Å². The van der Waals surface area contributed by atoms with Gasteiger partial charge < -0.3 is 99.1 Å². The highest BCUT2D eigenvalue weighted by molar-refractivity contribution is 5.90. The van der Waals surface area contributed by atoms with Crippen LogP contribution in [0, 0.1) is 0 Å². The lowest BCUT2D eigenvalue weighted by atomic mass is 10.0. The summed E-state index contributed by atoms with van der Waals surface area (Å²) in [5.74, 6) is -2.88. The van der Waals surface area contributed by atoms with Gasteiger partial charge in [-0.1, -0.05) is 0 Å². The van der Waals surface area contributed by atoms with Crippen molar-refractivity contribution in [1.82, 2.24) is 16.0 Å². The molecular formula is C37H67N3O21. The van der Waals surface area contributed by atoms with E-state index in [0.717, 1.165) is 0 Å². The Labute approximate surface area is 354 Å². The minimum absolute atomic E-state index is 0.0599. The summed E-state index contributed by atoms with van der Waals surface area (Å²) in [7, 11) is 0. The Hall–Kier alpha value is -2.76. The van der Waals surface area contributed by atoms with Crippen LogP contribution in [0.2, 0.25) is 0 Å². The van der Waals surface area contributed by atoms with Gasteiger partial charge in [-0.25, -0.2) is 0 Å². The van der Waals surface area contributed by atoms with Gasteiger partial charge >= 0.3 is 5.97 Å². The van der Waals surface area contributed by atoms with E-state index < -0.39 is 92.3 Å². The van der Waals surface area contributed by atoms with E-state index in [1.165, 1.54) is 6.92 Å². The van der Waals surface area contributed by atoms with Crippen LogP contribution in [0.3, 0.4) is 0 Å². The monoisotopic (exact) mass is 889 g/mol. The molecule has 0 saturated carbocycles.